The number of carbonyl (C=O) groups excluding carboxylic acids is 2. The molecule has 2 amide bonds. The normalized spacial score (nSPS) is 37.5. The number of quaternary nitrogens is 1. The van der Waals surface area contributed by atoms with Gasteiger partial charge in [0.15, 0.2) is 0 Å². The average molecular weight is 817 g/mol. The van der Waals surface area contributed by atoms with Gasteiger partial charge in [-0.25, -0.2) is 0 Å². The Labute approximate surface area is 344 Å². The summed E-state index contributed by atoms with van der Waals surface area (Å²) in [4.78, 5) is 26.2. The fourth-order valence-electron chi connectivity index (χ4n) is 13.2. The van der Waals surface area contributed by atoms with E-state index in [2.05, 4.69) is 11.9 Å². The van der Waals surface area contributed by atoms with Gasteiger partial charge in [-0.2, -0.15) is 0 Å². The van der Waals surface area contributed by atoms with Gasteiger partial charge >= 0.3 is 0 Å². The summed E-state index contributed by atoms with van der Waals surface area (Å²) in [6.45, 7) is 4.24. The Morgan fingerprint density at radius 1 is 0.741 bits per heavy atom. The molecule has 10 rings (SSSR count). The minimum Gasteiger partial charge on any atom is -0.507 e. The molecule has 8 N–H and O–H groups in total. The molecule has 7 atom stereocenters. The molecule has 10 nitrogen and oxygen atoms in total. The van der Waals surface area contributed by atoms with Crippen molar-refractivity contribution in [3.8, 4) is 11.5 Å². The predicted octanol–water partition coefficient (Wildman–Crippen LogP) is 4.29. The summed E-state index contributed by atoms with van der Waals surface area (Å²) in [7, 11) is 2.34. The Bertz CT molecular complexity index is 1870. The van der Waals surface area contributed by atoms with E-state index < -0.39 is 33.8 Å². The fourth-order valence-corrected chi connectivity index (χ4v) is 13.2. The van der Waals surface area contributed by atoms with Gasteiger partial charge in [0.1, 0.15) is 23.1 Å². The number of phenols is 2. The minimum atomic E-state index is -0.820. The number of nitrogens with two attached hydrogens (primary N) is 2. The first-order chi connectivity index (χ1) is 25.3. The van der Waals surface area contributed by atoms with Crippen LogP contribution in [0.3, 0.4) is 0 Å². The van der Waals surface area contributed by atoms with E-state index in [1.807, 2.05) is 12.1 Å². The van der Waals surface area contributed by atoms with Crippen LogP contribution >= 0.6 is 0 Å². The first kappa shape index (κ1) is 38.8. The zero-order valence-electron chi connectivity index (χ0n) is 32.0. The molecule has 2 aromatic carbocycles. The second kappa shape index (κ2) is 13.5. The topological polar surface area (TPSA) is 170 Å². The number of aromatic hydroxyl groups is 2. The first-order valence-electron chi connectivity index (χ1n) is 20.6. The number of rotatable bonds is 6. The van der Waals surface area contributed by atoms with Crippen LogP contribution in [0.15, 0.2) is 24.3 Å². The molecule has 1 radical (unpaired) electrons. The molecule has 0 aromatic heterocycles. The molecule has 289 valence electrons. The van der Waals surface area contributed by atoms with Crippen LogP contribution in [0.1, 0.15) is 133 Å². The van der Waals surface area contributed by atoms with E-state index in [1.54, 1.807) is 12.1 Å². The molecule has 11 heteroatoms. The van der Waals surface area contributed by atoms with Gasteiger partial charge in [-0.1, -0.05) is 37.8 Å². The largest absolute Gasteiger partial charge is 0.507 e. The predicted molar refractivity (Wildman–Crippen MR) is 201 cm³/mol. The van der Waals surface area contributed by atoms with E-state index in [1.165, 1.54) is 25.7 Å². The van der Waals surface area contributed by atoms with Gasteiger partial charge in [-0.05, 0) is 99.9 Å². The number of likely N-dealkylation sites (tertiary alicyclic amines) is 2. The van der Waals surface area contributed by atoms with Gasteiger partial charge in [0.25, 0.3) is 11.8 Å². The van der Waals surface area contributed by atoms with Crippen LogP contribution in [0, 0.1) is 11.8 Å². The smallest absolute Gasteiger partial charge is 0.252 e. The van der Waals surface area contributed by atoms with Gasteiger partial charge in [0.2, 0.25) is 0 Å². The van der Waals surface area contributed by atoms with Gasteiger partial charge in [0.05, 0.1) is 36.9 Å². The molecule has 4 bridgehead atoms. The Morgan fingerprint density at radius 2 is 1.26 bits per heavy atom. The van der Waals surface area contributed by atoms with Crippen molar-refractivity contribution in [3.63, 3.8) is 0 Å². The number of hydrogen-bond donors (Lipinski definition) is 6. The summed E-state index contributed by atoms with van der Waals surface area (Å²) in [5, 5.41) is 46.2. The number of aliphatic hydroxyl groups is 2. The number of primary amides is 2. The molecular weight excluding hydrogens is 757 g/mol. The molecule has 8 aliphatic rings. The van der Waals surface area contributed by atoms with E-state index in [0.717, 1.165) is 142 Å². The van der Waals surface area contributed by atoms with Crippen LogP contribution in [0.25, 0.3) is 0 Å². The minimum absolute atomic E-state index is 0. The summed E-state index contributed by atoms with van der Waals surface area (Å²) in [6.07, 6.45) is 16.0. The van der Waals surface area contributed by atoms with Crippen molar-refractivity contribution in [1.82, 2.24) is 4.90 Å². The van der Waals surface area contributed by atoms with Crippen molar-refractivity contribution in [2.75, 3.05) is 33.2 Å². The molecule has 0 spiro atoms. The van der Waals surface area contributed by atoms with Crippen LogP contribution in [0.5, 0.6) is 11.5 Å². The van der Waals surface area contributed by atoms with E-state index in [9.17, 15) is 30.0 Å². The molecule has 2 heterocycles. The van der Waals surface area contributed by atoms with Crippen molar-refractivity contribution in [2.45, 2.75) is 137 Å². The van der Waals surface area contributed by atoms with Crippen molar-refractivity contribution >= 4 is 11.8 Å². The second-order valence-electron chi connectivity index (χ2n) is 18.9. The van der Waals surface area contributed by atoms with E-state index in [0.29, 0.717) is 0 Å². The molecule has 2 saturated heterocycles. The van der Waals surface area contributed by atoms with E-state index >= 15 is 0 Å². The summed E-state index contributed by atoms with van der Waals surface area (Å²) < 4.78 is 0.945. The summed E-state index contributed by atoms with van der Waals surface area (Å²) in [5.41, 5.74) is 12.7. The van der Waals surface area contributed by atoms with Crippen LogP contribution in [0.2, 0.25) is 0 Å². The maximum atomic E-state index is 12.2. The molecule has 54 heavy (non-hydrogen) atoms. The Morgan fingerprint density at radius 3 is 1.81 bits per heavy atom. The van der Waals surface area contributed by atoms with Crippen molar-refractivity contribution in [1.29, 1.82) is 0 Å². The van der Waals surface area contributed by atoms with Crippen molar-refractivity contribution < 1.29 is 67.2 Å². The molecule has 2 aliphatic heterocycles. The van der Waals surface area contributed by atoms with E-state index in [-0.39, 0.29) is 67.4 Å². The first-order valence-corrected chi connectivity index (χ1v) is 20.6. The average Bonchev–Trinajstić information content (AvgIpc) is 4.06. The molecule has 7 unspecified atom stereocenters. The number of piperidine rings is 2. The summed E-state index contributed by atoms with van der Waals surface area (Å²) in [5.74, 6) is 0.442. The molecule has 4 saturated carbocycles. The zero-order chi connectivity index (χ0) is 37.1. The number of nitrogens with zero attached hydrogens (tertiary/aromatic N) is 2. The van der Waals surface area contributed by atoms with Gasteiger partial charge in [0, 0.05) is 86.0 Å². The Hall–Kier alpha value is -2.08. The molecular formula is C43H59N4O6Y+. The number of benzene rings is 2. The quantitative estimate of drug-likeness (QED) is 0.237. The maximum absolute atomic E-state index is 12.2. The third-order valence-corrected chi connectivity index (χ3v) is 16.1. The third-order valence-electron chi connectivity index (χ3n) is 16.1. The summed E-state index contributed by atoms with van der Waals surface area (Å²) >= 11 is 0. The standard InChI is InChI=1S/C22H30N2O3.C21H28N2O3.Y/c1-24(13-14-4-5-14)11-10-21-8-2-3-9-22(21,27)17(24)12-15-6-7-16(20(23)26)19(25)18(15)21;22-19(25)15-6-5-14-11-16-21(26)8-2-1-7-20(21,17(14)18(15)24)9-10-23(16)12-13-3-4-13;/h6-7,14,17,27H,2-5,8-13H2,1H3,(H2-,23,25,26);5-6,13,16,24,26H,1-4,7-12H2,(H2,22,25);/p+1. The monoisotopic (exact) mass is 816 g/mol. The van der Waals surface area contributed by atoms with Gasteiger partial charge in [-0.3, -0.25) is 14.5 Å². The fraction of sp³-hybridized carbons (Fsp3) is 0.674. The SMILES string of the molecule is C[N+]1(CC2CC2)CCC23CCCCC2(O)C1Cc1ccc(C(N)=O)c(O)c13.NC(=O)c1ccc2c(c1O)C13CCCCC1(O)C(C2)N(CC1CC1)CC3.[Y]. The second-order valence-corrected chi connectivity index (χ2v) is 18.9. The number of likely N-dealkylation sites (N-methyl/N-ethyl adjacent to an activating group) is 1. The van der Waals surface area contributed by atoms with E-state index in [4.69, 9.17) is 11.5 Å². The Kier molecular flexibility index (Phi) is 9.70. The molecule has 6 aliphatic carbocycles. The number of amides is 2. The van der Waals surface area contributed by atoms with Crippen LogP contribution in [-0.4, -0.2) is 98.1 Å². The number of hydrogen-bond acceptors (Lipinski definition) is 7. The number of carbonyl (C=O) groups is 2. The zero-order valence-corrected chi connectivity index (χ0v) is 34.8. The maximum Gasteiger partial charge on any atom is 0.252 e. The van der Waals surface area contributed by atoms with Crippen LogP contribution in [0.4, 0.5) is 0 Å². The van der Waals surface area contributed by atoms with Crippen molar-refractivity contribution in [2.24, 2.45) is 23.3 Å². The van der Waals surface area contributed by atoms with Gasteiger partial charge < -0.3 is 36.4 Å². The Balaban J connectivity index is 0.000000150. The molecule has 2 aromatic rings. The van der Waals surface area contributed by atoms with Gasteiger partial charge in [-0.15, -0.1) is 0 Å². The number of fused-ring (bicyclic) bond motifs is 2. The molecule has 6 fully saturated rings. The van der Waals surface area contributed by atoms with Crippen LogP contribution in [-0.2, 0) is 56.4 Å². The van der Waals surface area contributed by atoms with Crippen LogP contribution < -0.4 is 11.5 Å². The third kappa shape index (κ3) is 5.61. The summed E-state index contributed by atoms with van der Waals surface area (Å²) in [6, 6.07) is 7.54. The van der Waals surface area contributed by atoms with Crippen molar-refractivity contribution in [3.05, 3.63) is 57.6 Å².